The maximum absolute atomic E-state index is 13.3. The van der Waals surface area contributed by atoms with Crippen molar-refractivity contribution in [1.82, 2.24) is 14.9 Å². The molecule has 2 fully saturated rings. The fourth-order valence-corrected chi connectivity index (χ4v) is 4.05. The number of hydrogen-bond donors (Lipinski definition) is 0. The zero-order valence-corrected chi connectivity index (χ0v) is 13.9. The van der Waals surface area contributed by atoms with Crippen molar-refractivity contribution in [3.05, 3.63) is 54.1 Å². The molecule has 0 unspecified atom stereocenters. The van der Waals surface area contributed by atoms with Crippen LogP contribution >= 0.6 is 0 Å². The molecular weight excluding hydrogens is 303 g/mol. The minimum absolute atomic E-state index is 0.143. The highest BCUT2D eigenvalue weighted by Crippen LogP contribution is 2.41. The molecule has 1 aromatic carbocycles. The minimum atomic E-state index is -0.143. The van der Waals surface area contributed by atoms with Crippen molar-refractivity contribution in [2.45, 2.75) is 25.8 Å². The first-order valence-electron chi connectivity index (χ1n) is 8.71. The van der Waals surface area contributed by atoms with Crippen molar-refractivity contribution in [3.63, 3.8) is 0 Å². The molecule has 2 aromatic rings. The number of hydrogen-bond acceptors (Lipinski definition) is 4. The molecule has 0 atom stereocenters. The van der Waals surface area contributed by atoms with Crippen LogP contribution < -0.4 is 4.90 Å². The maximum Gasteiger partial charge on any atom is 0.225 e. The van der Waals surface area contributed by atoms with Gasteiger partial charge in [0.1, 0.15) is 5.82 Å². The molecule has 2 aliphatic heterocycles. The second-order valence-corrected chi connectivity index (χ2v) is 7.13. The normalized spacial score (nSPS) is 20.6. The first-order valence-corrected chi connectivity index (χ1v) is 8.71. The summed E-state index contributed by atoms with van der Waals surface area (Å²) >= 11 is 0. The maximum atomic E-state index is 13.3. The number of aromatic nitrogens is 2. The van der Waals surface area contributed by atoms with E-state index in [9.17, 15) is 4.39 Å². The Hall–Kier alpha value is -2.01. The van der Waals surface area contributed by atoms with E-state index in [0.29, 0.717) is 5.41 Å². The zero-order chi connectivity index (χ0) is 16.4. The van der Waals surface area contributed by atoms with Gasteiger partial charge in [0.2, 0.25) is 5.95 Å². The zero-order valence-electron chi connectivity index (χ0n) is 13.9. The van der Waals surface area contributed by atoms with Gasteiger partial charge in [-0.25, -0.2) is 14.4 Å². The predicted molar refractivity (Wildman–Crippen MR) is 92.2 cm³/mol. The number of rotatable bonds is 3. The van der Waals surface area contributed by atoms with Crippen LogP contribution in [0.5, 0.6) is 0 Å². The van der Waals surface area contributed by atoms with Gasteiger partial charge in [-0.1, -0.05) is 12.1 Å². The van der Waals surface area contributed by atoms with Crippen LogP contribution in [0.1, 0.15) is 24.8 Å². The first kappa shape index (κ1) is 15.5. The number of likely N-dealkylation sites (tertiary alicyclic amines) is 1. The molecular formula is C19H23FN4. The van der Waals surface area contributed by atoms with Crippen molar-refractivity contribution in [2.75, 3.05) is 31.1 Å². The SMILES string of the molecule is Fc1cccc(CN2CCC3(CC2)CCN(c2ncccn2)C3)c1. The Morgan fingerprint density at radius 1 is 1.00 bits per heavy atom. The molecule has 126 valence electrons. The van der Waals surface area contributed by atoms with Crippen LogP contribution in [-0.2, 0) is 6.54 Å². The Kier molecular flexibility index (Phi) is 4.19. The molecule has 0 aliphatic carbocycles. The molecule has 0 N–H and O–H groups in total. The van der Waals surface area contributed by atoms with Crippen LogP contribution in [0.2, 0.25) is 0 Å². The van der Waals surface area contributed by atoms with E-state index in [1.165, 1.54) is 25.3 Å². The molecule has 2 aliphatic rings. The molecule has 2 saturated heterocycles. The largest absolute Gasteiger partial charge is 0.340 e. The Morgan fingerprint density at radius 2 is 1.75 bits per heavy atom. The van der Waals surface area contributed by atoms with Gasteiger partial charge in [-0.15, -0.1) is 0 Å². The van der Waals surface area contributed by atoms with Gasteiger partial charge in [-0.3, -0.25) is 4.90 Å². The molecule has 5 heteroatoms. The number of benzene rings is 1. The van der Waals surface area contributed by atoms with E-state index in [1.54, 1.807) is 12.1 Å². The lowest BCUT2D eigenvalue weighted by atomic mass is 9.77. The third-order valence-corrected chi connectivity index (χ3v) is 5.49. The summed E-state index contributed by atoms with van der Waals surface area (Å²) in [6.45, 7) is 5.12. The van der Waals surface area contributed by atoms with Gasteiger partial charge in [0.15, 0.2) is 0 Å². The number of anilines is 1. The quantitative estimate of drug-likeness (QED) is 0.867. The molecule has 0 amide bonds. The van der Waals surface area contributed by atoms with Gasteiger partial charge in [0, 0.05) is 32.0 Å². The summed E-state index contributed by atoms with van der Waals surface area (Å²) in [5.74, 6) is 0.715. The minimum Gasteiger partial charge on any atom is -0.340 e. The number of nitrogens with zero attached hydrogens (tertiary/aromatic N) is 4. The average molecular weight is 326 g/mol. The van der Waals surface area contributed by atoms with Crippen LogP contribution in [0.15, 0.2) is 42.7 Å². The van der Waals surface area contributed by atoms with E-state index in [-0.39, 0.29) is 5.82 Å². The molecule has 24 heavy (non-hydrogen) atoms. The van der Waals surface area contributed by atoms with Crippen LogP contribution in [0.25, 0.3) is 0 Å². The average Bonchev–Trinajstić information content (AvgIpc) is 3.02. The smallest absolute Gasteiger partial charge is 0.225 e. The molecule has 4 rings (SSSR count). The van der Waals surface area contributed by atoms with Gasteiger partial charge in [-0.2, -0.15) is 0 Å². The van der Waals surface area contributed by atoms with Crippen molar-refractivity contribution < 1.29 is 4.39 Å². The monoisotopic (exact) mass is 326 g/mol. The highest BCUT2D eigenvalue weighted by Gasteiger charge is 2.41. The molecule has 3 heterocycles. The van der Waals surface area contributed by atoms with Crippen molar-refractivity contribution in [3.8, 4) is 0 Å². The lowest BCUT2D eigenvalue weighted by Crippen LogP contribution is -2.41. The van der Waals surface area contributed by atoms with Gasteiger partial charge in [-0.05, 0) is 61.5 Å². The lowest BCUT2D eigenvalue weighted by Gasteiger charge is -2.39. The Labute approximate surface area is 142 Å². The number of piperidine rings is 1. The lowest BCUT2D eigenvalue weighted by molar-refractivity contribution is 0.115. The summed E-state index contributed by atoms with van der Waals surface area (Å²) in [4.78, 5) is 13.5. The van der Waals surface area contributed by atoms with E-state index in [4.69, 9.17) is 0 Å². The fraction of sp³-hybridized carbons (Fsp3) is 0.474. The Bertz CT molecular complexity index is 683. The summed E-state index contributed by atoms with van der Waals surface area (Å²) in [5.41, 5.74) is 1.47. The third kappa shape index (κ3) is 3.26. The summed E-state index contributed by atoms with van der Waals surface area (Å²) in [5, 5.41) is 0. The van der Waals surface area contributed by atoms with Crippen LogP contribution in [0.3, 0.4) is 0 Å². The Morgan fingerprint density at radius 3 is 2.50 bits per heavy atom. The van der Waals surface area contributed by atoms with E-state index >= 15 is 0 Å². The van der Waals surface area contributed by atoms with Gasteiger partial charge in [0.05, 0.1) is 0 Å². The van der Waals surface area contributed by atoms with Crippen LogP contribution in [-0.4, -0.2) is 41.0 Å². The molecule has 0 bridgehead atoms. The first-order chi connectivity index (χ1) is 11.7. The molecule has 0 radical (unpaired) electrons. The summed E-state index contributed by atoms with van der Waals surface area (Å²) < 4.78 is 13.3. The van der Waals surface area contributed by atoms with Crippen molar-refractivity contribution in [2.24, 2.45) is 5.41 Å². The highest BCUT2D eigenvalue weighted by atomic mass is 19.1. The number of halogens is 1. The van der Waals surface area contributed by atoms with Crippen LogP contribution in [0.4, 0.5) is 10.3 Å². The molecule has 0 saturated carbocycles. The van der Waals surface area contributed by atoms with E-state index in [1.807, 2.05) is 24.5 Å². The third-order valence-electron chi connectivity index (χ3n) is 5.49. The standard InChI is InChI=1S/C19H23FN4/c20-17-4-1-3-16(13-17)14-23-10-5-19(6-11-23)7-12-24(15-19)18-21-8-2-9-22-18/h1-4,8-9,13H,5-7,10-12,14-15H2. The Balaban J connectivity index is 1.35. The van der Waals surface area contributed by atoms with E-state index < -0.39 is 0 Å². The van der Waals surface area contributed by atoms with Crippen LogP contribution in [0, 0.1) is 11.2 Å². The summed E-state index contributed by atoms with van der Waals surface area (Å²) in [6.07, 6.45) is 7.25. The van der Waals surface area contributed by atoms with E-state index in [2.05, 4.69) is 19.8 Å². The van der Waals surface area contributed by atoms with Gasteiger partial charge >= 0.3 is 0 Å². The topological polar surface area (TPSA) is 32.3 Å². The fourth-order valence-electron chi connectivity index (χ4n) is 4.05. The summed E-state index contributed by atoms with van der Waals surface area (Å²) in [6, 6.07) is 8.82. The highest BCUT2D eigenvalue weighted by molar-refractivity contribution is 5.31. The van der Waals surface area contributed by atoms with E-state index in [0.717, 1.165) is 44.2 Å². The second-order valence-electron chi connectivity index (χ2n) is 7.13. The molecule has 4 nitrogen and oxygen atoms in total. The second kappa shape index (κ2) is 6.48. The predicted octanol–water partition coefficient (Wildman–Crippen LogP) is 3.11. The summed E-state index contributed by atoms with van der Waals surface area (Å²) in [7, 11) is 0. The van der Waals surface area contributed by atoms with Crippen molar-refractivity contribution in [1.29, 1.82) is 0 Å². The van der Waals surface area contributed by atoms with Crippen molar-refractivity contribution >= 4 is 5.95 Å². The van der Waals surface area contributed by atoms with Gasteiger partial charge < -0.3 is 4.90 Å². The van der Waals surface area contributed by atoms with Gasteiger partial charge in [0.25, 0.3) is 0 Å². The molecule has 1 spiro atoms. The molecule has 1 aromatic heterocycles.